The number of aromatic hydroxyl groups is 1. The van der Waals surface area contributed by atoms with Gasteiger partial charge in [-0.2, -0.15) is 26.7 Å². The van der Waals surface area contributed by atoms with Gasteiger partial charge in [0.25, 0.3) is 0 Å². The summed E-state index contributed by atoms with van der Waals surface area (Å²) < 4.78 is 5.98. The van der Waals surface area contributed by atoms with Crippen molar-refractivity contribution in [3.8, 4) is 28.2 Å². The molecule has 3 aromatic rings. The predicted octanol–water partition coefficient (Wildman–Crippen LogP) is 0.730. The lowest BCUT2D eigenvalue weighted by Gasteiger charge is -2.30. The minimum Gasteiger partial charge on any atom is -0.508 e. The summed E-state index contributed by atoms with van der Waals surface area (Å²) in [5, 5.41) is 105. The smallest absolute Gasteiger partial charge is 0.336 e. The number of nitrogens with zero attached hydrogens (tertiary/aromatic N) is 4. The van der Waals surface area contributed by atoms with Gasteiger partial charge in [-0.3, -0.25) is 77.3 Å². The number of carbonyl (C=O) groups excluding carboxylic acids is 12. The van der Waals surface area contributed by atoms with E-state index in [-0.39, 0.29) is 188 Å². The number of hydrogen-bond donors (Lipinski definition) is 23. The number of primary amides is 1. The van der Waals surface area contributed by atoms with Gasteiger partial charge in [0.15, 0.2) is 16.5 Å². The summed E-state index contributed by atoms with van der Waals surface area (Å²) >= 11 is 2.77. The van der Waals surface area contributed by atoms with Crippen LogP contribution in [-0.2, 0) is 67.1 Å². The van der Waals surface area contributed by atoms with E-state index in [2.05, 4.69) is 89.4 Å². The number of fused-ring (bicyclic) bond motifs is 3. The number of guanidine groups is 1. The van der Waals surface area contributed by atoms with Crippen molar-refractivity contribution in [3.63, 3.8) is 0 Å². The van der Waals surface area contributed by atoms with E-state index < -0.39 is 188 Å². The number of phenols is 1. The maximum absolute atomic E-state index is 14.8. The van der Waals surface area contributed by atoms with Crippen molar-refractivity contribution < 1.29 is 112 Å². The molecule has 8 rings (SSSR count). The number of nitrogens with one attached hydrogen (secondary N) is 15. The highest BCUT2D eigenvalue weighted by Crippen LogP contribution is 2.43. The van der Waals surface area contributed by atoms with Crippen molar-refractivity contribution in [2.75, 3.05) is 54.9 Å². The number of unbranched alkanes of at least 4 members (excludes halogenated alkanes) is 2. The SMILES string of the molecule is CC(C)C[C@H](NC(=O)CNC(=O)[C@H](CC(C)C)NC(=O)C1CCCN1C(=O)[C@H](CCC(=O)O)NC(=O)CCCCC1SCC2NC(=O)NC21)C(=O)NC(CCCCNc1nc(Nc2ccc(-c3c4ccc(=O)cc-4oc4cc(O)ccc34)c(C(=O)O)c2)nc(SCCO)n1)C(=O)N[C@@H](C)C(=O)N[C@H](CCC(=O)O)C(=O)N[C@@H](CCCNC(=N)N)C(=O)N[C@H](CCC(=O)O)C(N)=O. The molecule has 45 nitrogen and oxygen atoms in total. The number of hydrogen-bond acceptors (Lipinski definition) is 28. The lowest BCUT2D eigenvalue weighted by atomic mass is 9.90. The third kappa shape index (κ3) is 32.1. The van der Waals surface area contributed by atoms with Crippen LogP contribution >= 0.6 is 23.5 Å². The predicted molar refractivity (Wildman–Crippen MR) is 477 cm³/mol. The minimum absolute atomic E-state index is 0.0158. The minimum atomic E-state index is -1.76. The van der Waals surface area contributed by atoms with Gasteiger partial charge in [-0.15, -0.1) is 0 Å². The maximum Gasteiger partial charge on any atom is 0.336 e. The van der Waals surface area contributed by atoms with Crippen LogP contribution in [0.2, 0.25) is 0 Å². The molecule has 131 heavy (non-hydrogen) atoms. The number of aliphatic hydroxyl groups excluding tert-OH is 1. The summed E-state index contributed by atoms with van der Waals surface area (Å²) in [6, 6.07) is -0.753. The van der Waals surface area contributed by atoms with Gasteiger partial charge in [0.1, 0.15) is 71.5 Å². The molecular formula is C84H115N21O24S2. The molecule has 1 aliphatic carbocycles. The number of aromatic nitrogens is 3. The third-order valence-corrected chi connectivity index (χ3v) is 23.8. The standard InChI is InChI=1S/C84H115N21O24S2/c1-41(2)34-56(99-77(124)59-14-11-31-105(59)78(125)55(25-28-67(115)116)93-63(109)16-7-6-15-62-69-58(40-131-62)100-83(128)101-69)72(119)90-39-64(110)94-57(35-42(3)4)76(123)98-52(73(120)91-43(5)71(118)96-54(24-27-66(113)114)75(122)97-53(13-10-30-88-80(86)87)74(121)95-51(70(85)117)23-26-65(111)112)12-8-9-29-89-81-102-82(104-84(103-81)130-33-32-106)92-44-17-20-47(50(36-44)79(126)127)68-48-21-18-45(107)37-60(48)129-61-38-46(108)19-22-49(61)68/h17-22,36-38,41-43,51-59,62,69,106-107H,6-16,23-35,39-40H2,1-5H3,(H2,85,117)(H,90,119)(H,91,120)(H,93,109)(H,94,110)(H,95,121)(H,96,118)(H,97,122)(H,98,123)(H,99,124)(H,111,112)(H,113,114)(H,115,116)(H,126,127)(H4,86,87,88)(H2,100,101,128)(H2,89,92,102,103,104)/t43-,51+,52?,53-,54+,55-,56-,57-,58?,59?,62?,69?/m0/s1. The number of rotatable bonds is 54. The van der Waals surface area contributed by atoms with Gasteiger partial charge in [-0.25, -0.2) is 9.59 Å². The highest BCUT2D eigenvalue weighted by Gasteiger charge is 2.44. The van der Waals surface area contributed by atoms with E-state index >= 15 is 0 Å². The topological polar surface area (TPSA) is 711 Å². The van der Waals surface area contributed by atoms with Crippen molar-refractivity contribution in [2.45, 2.75) is 233 Å². The number of aliphatic carboxylic acids is 3. The molecular weight excluding hydrogens is 1750 g/mol. The Bertz CT molecular complexity index is 5020. The Balaban J connectivity index is 0.974. The second kappa shape index (κ2) is 50.1. The Morgan fingerprint density at radius 2 is 1.21 bits per heavy atom. The normalized spacial score (nSPS) is 16.9. The fourth-order valence-corrected chi connectivity index (χ4v) is 17.2. The number of aliphatic hydroxyl groups is 1. The summed E-state index contributed by atoms with van der Waals surface area (Å²) in [6.07, 6.45) is -1.16. The number of anilines is 3. The quantitative estimate of drug-likeness (QED) is 0.00637. The highest BCUT2D eigenvalue weighted by atomic mass is 32.2. The number of thioether (sulfide) groups is 2. The van der Waals surface area contributed by atoms with Crippen LogP contribution in [0.5, 0.6) is 5.75 Å². The number of amides is 13. The number of carboxylic acids is 4. The molecule has 5 aliphatic rings. The largest absolute Gasteiger partial charge is 0.508 e. The van der Waals surface area contributed by atoms with E-state index in [1.54, 1.807) is 51.6 Å². The first-order valence-corrected chi connectivity index (χ1v) is 45.1. The Morgan fingerprint density at radius 3 is 1.85 bits per heavy atom. The second-order valence-electron chi connectivity index (χ2n) is 32.8. The number of phenolic OH excluding ortho intramolecular Hbond substituents is 1. The van der Waals surface area contributed by atoms with Crippen LogP contribution in [0.1, 0.15) is 167 Å². The monoisotopic (exact) mass is 1870 g/mol. The average Bonchev–Trinajstić information content (AvgIpc) is 0.764. The molecule has 1 aromatic heterocycles. The van der Waals surface area contributed by atoms with Crippen LogP contribution < -0.4 is 91.3 Å². The summed E-state index contributed by atoms with van der Waals surface area (Å²) in [7, 11) is 0. The maximum atomic E-state index is 14.8. The lowest BCUT2D eigenvalue weighted by Crippen LogP contribution is -2.59. The summed E-state index contributed by atoms with van der Waals surface area (Å²) in [6.45, 7) is 7.19. The molecule has 4 aliphatic heterocycles. The van der Waals surface area contributed by atoms with Gasteiger partial charge >= 0.3 is 29.9 Å². The molecule has 3 saturated heterocycles. The van der Waals surface area contributed by atoms with Crippen molar-refractivity contribution in [1.29, 1.82) is 5.41 Å². The average molecular weight is 1870 g/mol. The number of nitrogens with two attached hydrogens (primary N) is 2. The summed E-state index contributed by atoms with van der Waals surface area (Å²) in [5.74, 6) is -15.6. The molecule has 5 heterocycles. The van der Waals surface area contributed by atoms with Crippen molar-refractivity contribution in [1.82, 2.24) is 83.7 Å². The Morgan fingerprint density at radius 1 is 0.603 bits per heavy atom. The third-order valence-electron chi connectivity index (χ3n) is 21.5. The number of carbonyl (C=O) groups is 16. The van der Waals surface area contributed by atoms with E-state index in [1.165, 1.54) is 54.3 Å². The van der Waals surface area contributed by atoms with Crippen LogP contribution in [-0.4, -0.2) is 267 Å². The fraction of sp³-hybridized carbons (Fsp3) is 0.536. The molecule has 13 amide bonds. The van der Waals surface area contributed by atoms with Gasteiger partial charge in [0.2, 0.25) is 76.9 Å². The van der Waals surface area contributed by atoms with E-state index in [9.17, 15) is 112 Å². The van der Waals surface area contributed by atoms with E-state index in [0.29, 0.717) is 35.8 Å². The van der Waals surface area contributed by atoms with Gasteiger partial charge in [-0.05, 0) is 151 Å². The van der Waals surface area contributed by atoms with Crippen LogP contribution in [0.4, 0.5) is 22.4 Å². The first kappa shape index (κ1) is 103. The zero-order chi connectivity index (χ0) is 95.9. The molecule has 2 aromatic carbocycles. The molecule has 47 heteroatoms. The van der Waals surface area contributed by atoms with Crippen LogP contribution in [0.15, 0.2) is 69.0 Å². The zero-order valence-corrected chi connectivity index (χ0v) is 74.6. The number of likely N-dealkylation sites (tertiary alicyclic amines) is 1. The first-order chi connectivity index (χ1) is 62.2. The van der Waals surface area contributed by atoms with Crippen LogP contribution in [0.3, 0.4) is 0 Å². The lowest BCUT2D eigenvalue weighted by molar-refractivity contribution is -0.143. The van der Waals surface area contributed by atoms with Gasteiger partial charge < -0.3 is 126 Å². The fourth-order valence-electron chi connectivity index (χ4n) is 15.1. The van der Waals surface area contributed by atoms with Crippen molar-refractivity contribution in [3.05, 3.63) is 70.4 Å². The molecule has 3 fully saturated rings. The zero-order valence-electron chi connectivity index (χ0n) is 73.0. The number of urea groups is 1. The Kier molecular flexibility index (Phi) is 39.5. The van der Waals surface area contributed by atoms with Gasteiger partial charge in [0, 0.05) is 96.4 Å². The molecule has 12 atom stereocenters. The Labute approximate surface area is 760 Å². The molecule has 712 valence electrons. The van der Waals surface area contributed by atoms with Gasteiger partial charge in [0.05, 0.1) is 30.8 Å². The summed E-state index contributed by atoms with van der Waals surface area (Å²) in [4.78, 5) is 242. The van der Waals surface area contributed by atoms with Crippen molar-refractivity contribution in [2.24, 2.45) is 23.3 Å². The molecule has 25 N–H and O–H groups in total. The molecule has 0 bridgehead atoms. The molecule has 0 spiro atoms. The summed E-state index contributed by atoms with van der Waals surface area (Å²) in [5.41, 5.74) is 11.7. The first-order valence-electron chi connectivity index (χ1n) is 43.0. The molecule has 5 unspecified atom stereocenters. The number of carboxylic acid groups (broad SMARTS) is 4. The molecule has 0 radical (unpaired) electrons. The number of aromatic carboxylic acids is 1. The Hall–Kier alpha value is -13.2. The highest BCUT2D eigenvalue weighted by molar-refractivity contribution is 8.00. The van der Waals surface area contributed by atoms with E-state index in [1.807, 2.05) is 0 Å². The second-order valence-corrected chi connectivity index (χ2v) is 35.1. The number of benzene rings is 3. The molecule has 0 saturated carbocycles. The van der Waals surface area contributed by atoms with Crippen molar-refractivity contribution >= 4 is 153 Å². The van der Waals surface area contributed by atoms with E-state index in [0.717, 1.165) is 23.9 Å². The van der Waals surface area contributed by atoms with Crippen LogP contribution in [0.25, 0.3) is 33.4 Å². The van der Waals surface area contributed by atoms with Gasteiger partial charge in [-0.1, -0.05) is 51.9 Å². The van der Waals surface area contributed by atoms with Crippen LogP contribution in [0, 0.1) is 17.2 Å². The van der Waals surface area contributed by atoms with E-state index in [4.69, 9.17) is 21.3 Å².